The van der Waals surface area contributed by atoms with Gasteiger partial charge in [0.1, 0.15) is 4.32 Å². The predicted octanol–water partition coefficient (Wildman–Crippen LogP) is 4.84. The maximum Gasteiger partial charge on any atom is 0.303 e. The maximum atomic E-state index is 12.7. The summed E-state index contributed by atoms with van der Waals surface area (Å²) >= 11 is 8.24. The second kappa shape index (κ2) is 9.36. The van der Waals surface area contributed by atoms with Gasteiger partial charge in [-0.3, -0.25) is 14.5 Å². The van der Waals surface area contributed by atoms with Crippen molar-refractivity contribution in [3.05, 3.63) is 45.5 Å². The van der Waals surface area contributed by atoms with Gasteiger partial charge in [-0.15, -0.1) is 11.3 Å². The van der Waals surface area contributed by atoms with Crippen LogP contribution in [-0.2, 0) is 9.59 Å². The summed E-state index contributed by atoms with van der Waals surface area (Å²) in [5, 5.41) is 10.7. The molecule has 1 saturated heterocycles. The first-order valence-corrected chi connectivity index (χ1v) is 11.0. The third-order valence-corrected chi connectivity index (χ3v) is 6.54. The zero-order chi connectivity index (χ0) is 20.1. The van der Waals surface area contributed by atoms with Crippen LogP contribution in [0.4, 0.5) is 5.69 Å². The fraction of sp³-hybridized carbons (Fsp3) is 0.250. The Morgan fingerprint density at radius 2 is 1.93 bits per heavy atom. The number of carbonyl (C=O) groups excluding carboxylic acids is 1. The van der Waals surface area contributed by atoms with Gasteiger partial charge in [0.2, 0.25) is 0 Å². The molecule has 1 aromatic carbocycles. The number of unbranched alkanes of at least 4 members (excludes halogenated alkanes) is 2. The minimum absolute atomic E-state index is 0.0735. The van der Waals surface area contributed by atoms with Crippen LogP contribution in [0.1, 0.15) is 30.6 Å². The monoisotopic (exact) mass is 432 g/mol. The number of thiocarbonyl (C=S) groups is 1. The SMILES string of the molecule is Nc1ccc(-c2csc(/C=C3\SC(=S)N(CCCCCC(=O)O)C3=O)c2)cc1. The molecule has 2 aromatic rings. The topological polar surface area (TPSA) is 83.6 Å². The molecule has 1 aliphatic rings. The van der Waals surface area contributed by atoms with Crippen LogP contribution < -0.4 is 5.73 Å². The number of anilines is 1. The summed E-state index contributed by atoms with van der Waals surface area (Å²) in [5.74, 6) is -0.862. The smallest absolute Gasteiger partial charge is 0.303 e. The minimum atomic E-state index is -0.789. The molecular weight excluding hydrogens is 412 g/mol. The van der Waals surface area contributed by atoms with Gasteiger partial charge < -0.3 is 10.8 Å². The number of benzene rings is 1. The number of amides is 1. The normalized spacial score (nSPS) is 15.6. The van der Waals surface area contributed by atoms with E-state index >= 15 is 0 Å². The van der Waals surface area contributed by atoms with Crippen molar-refractivity contribution in [2.75, 3.05) is 12.3 Å². The molecule has 1 amide bonds. The summed E-state index contributed by atoms with van der Waals surface area (Å²) in [6.07, 6.45) is 4.16. The first kappa shape index (κ1) is 20.6. The van der Waals surface area contributed by atoms with E-state index < -0.39 is 5.97 Å². The standard InChI is InChI=1S/C20H20N2O3S3/c21-15-7-5-13(6-8-15)14-10-16(27-12-14)11-17-19(25)22(20(26)28-17)9-3-1-2-4-18(23)24/h5-8,10-12H,1-4,9,21H2,(H,23,24)/b17-11-. The van der Waals surface area contributed by atoms with Crippen molar-refractivity contribution in [2.24, 2.45) is 0 Å². The molecule has 1 aromatic heterocycles. The van der Waals surface area contributed by atoms with Gasteiger partial charge in [0.25, 0.3) is 5.91 Å². The van der Waals surface area contributed by atoms with Crippen molar-refractivity contribution in [1.82, 2.24) is 4.90 Å². The number of nitrogen functional groups attached to an aromatic ring is 1. The predicted molar refractivity (Wildman–Crippen MR) is 120 cm³/mol. The fourth-order valence-corrected chi connectivity index (χ4v) is 5.02. The molecular formula is C20H20N2O3S3. The molecule has 0 unspecified atom stereocenters. The molecule has 0 atom stereocenters. The molecule has 28 heavy (non-hydrogen) atoms. The van der Waals surface area contributed by atoms with Crippen LogP contribution in [0.2, 0.25) is 0 Å². The van der Waals surface area contributed by atoms with Gasteiger partial charge in [0.05, 0.1) is 4.91 Å². The van der Waals surface area contributed by atoms with Gasteiger partial charge >= 0.3 is 5.97 Å². The van der Waals surface area contributed by atoms with Crippen molar-refractivity contribution in [2.45, 2.75) is 25.7 Å². The lowest BCUT2D eigenvalue weighted by Crippen LogP contribution is -2.29. The highest BCUT2D eigenvalue weighted by Gasteiger charge is 2.31. The third-order valence-electron chi connectivity index (χ3n) is 4.28. The van der Waals surface area contributed by atoms with Crippen LogP contribution in [0.5, 0.6) is 0 Å². The molecule has 0 spiro atoms. The van der Waals surface area contributed by atoms with E-state index in [-0.39, 0.29) is 12.3 Å². The molecule has 0 radical (unpaired) electrons. The summed E-state index contributed by atoms with van der Waals surface area (Å²) in [6.45, 7) is 0.531. The summed E-state index contributed by atoms with van der Waals surface area (Å²) < 4.78 is 0.560. The molecule has 146 valence electrons. The second-order valence-electron chi connectivity index (χ2n) is 6.40. The van der Waals surface area contributed by atoms with Crippen LogP contribution in [0.25, 0.3) is 17.2 Å². The lowest BCUT2D eigenvalue weighted by Gasteiger charge is -2.13. The van der Waals surface area contributed by atoms with Crippen LogP contribution in [0.3, 0.4) is 0 Å². The largest absolute Gasteiger partial charge is 0.481 e. The van der Waals surface area contributed by atoms with Crippen molar-refractivity contribution in [3.63, 3.8) is 0 Å². The lowest BCUT2D eigenvalue weighted by atomic mass is 10.1. The van der Waals surface area contributed by atoms with Crippen molar-refractivity contribution < 1.29 is 14.7 Å². The Bertz CT molecular complexity index is 919. The number of carboxylic acids is 1. The van der Waals surface area contributed by atoms with Crippen LogP contribution in [0.15, 0.2) is 40.6 Å². The molecule has 0 aliphatic carbocycles. The van der Waals surface area contributed by atoms with E-state index in [1.54, 1.807) is 16.2 Å². The molecule has 3 rings (SSSR count). The molecule has 1 fully saturated rings. The van der Waals surface area contributed by atoms with E-state index in [1.165, 1.54) is 11.8 Å². The van der Waals surface area contributed by atoms with Crippen LogP contribution >= 0.6 is 35.3 Å². The third kappa shape index (κ3) is 5.21. The zero-order valence-corrected chi connectivity index (χ0v) is 17.5. The Hall–Kier alpha value is -2.16. The summed E-state index contributed by atoms with van der Waals surface area (Å²) in [7, 11) is 0. The Labute approximate surface area is 177 Å². The molecule has 5 nitrogen and oxygen atoms in total. The Balaban J connectivity index is 1.62. The number of thioether (sulfide) groups is 1. The zero-order valence-electron chi connectivity index (χ0n) is 15.1. The number of carboxylic acid groups (broad SMARTS) is 1. The van der Waals surface area contributed by atoms with Gasteiger partial charge in [-0.25, -0.2) is 0 Å². The van der Waals surface area contributed by atoms with Crippen LogP contribution in [0, 0.1) is 0 Å². The first-order chi connectivity index (χ1) is 13.4. The number of hydrogen-bond acceptors (Lipinski definition) is 6. The van der Waals surface area contributed by atoms with Gasteiger partial charge in [-0.1, -0.05) is 42.5 Å². The Morgan fingerprint density at radius 3 is 2.64 bits per heavy atom. The molecule has 0 saturated carbocycles. The lowest BCUT2D eigenvalue weighted by molar-refractivity contribution is -0.137. The second-order valence-corrected chi connectivity index (χ2v) is 9.02. The number of aliphatic carboxylic acids is 1. The van der Waals surface area contributed by atoms with E-state index in [0.717, 1.165) is 34.5 Å². The highest BCUT2D eigenvalue weighted by Crippen LogP contribution is 2.35. The van der Waals surface area contributed by atoms with Crippen molar-refractivity contribution in [1.29, 1.82) is 0 Å². The Morgan fingerprint density at radius 1 is 1.18 bits per heavy atom. The van der Waals surface area contributed by atoms with Crippen molar-refractivity contribution in [3.8, 4) is 11.1 Å². The molecule has 1 aliphatic heterocycles. The summed E-state index contributed by atoms with van der Waals surface area (Å²) in [5.41, 5.74) is 8.63. The maximum absolute atomic E-state index is 12.7. The summed E-state index contributed by atoms with van der Waals surface area (Å²) in [6, 6.07) is 9.74. The highest BCUT2D eigenvalue weighted by atomic mass is 32.2. The number of nitrogens with two attached hydrogens (primary N) is 1. The van der Waals surface area contributed by atoms with Gasteiger partial charge in [0, 0.05) is 23.5 Å². The molecule has 0 bridgehead atoms. The molecule has 2 heterocycles. The number of hydrogen-bond donors (Lipinski definition) is 2. The number of nitrogens with zero attached hydrogens (tertiary/aromatic N) is 1. The van der Waals surface area contributed by atoms with E-state index in [4.69, 9.17) is 23.1 Å². The average molecular weight is 433 g/mol. The van der Waals surface area contributed by atoms with Gasteiger partial charge in [0.15, 0.2) is 0 Å². The van der Waals surface area contributed by atoms with Crippen LogP contribution in [-0.4, -0.2) is 32.7 Å². The molecule has 3 N–H and O–H groups in total. The van der Waals surface area contributed by atoms with Gasteiger partial charge in [-0.05, 0) is 53.6 Å². The quantitative estimate of drug-likeness (QED) is 0.269. The first-order valence-electron chi connectivity index (χ1n) is 8.85. The van der Waals surface area contributed by atoms with E-state index in [2.05, 4.69) is 11.4 Å². The van der Waals surface area contributed by atoms with E-state index in [0.29, 0.717) is 22.2 Å². The number of rotatable bonds is 8. The highest BCUT2D eigenvalue weighted by molar-refractivity contribution is 8.26. The van der Waals surface area contributed by atoms with E-state index in [1.807, 2.05) is 30.3 Å². The number of carbonyl (C=O) groups is 2. The van der Waals surface area contributed by atoms with Gasteiger partial charge in [-0.2, -0.15) is 0 Å². The summed E-state index contributed by atoms with van der Waals surface area (Å²) in [4.78, 5) is 26.4. The minimum Gasteiger partial charge on any atom is -0.481 e. The molecule has 8 heteroatoms. The average Bonchev–Trinajstić information content (AvgIpc) is 3.22. The Kier molecular flexibility index (Phi) is 6.88. The number of thiophene rings is 1. The van der Waals surface area contributed by atoms with E-state index in [9.17, 15) is 9.59 Å². The fourth-order valence-electron chi connectivity index (χ4n) is 2.80. The van der Waals surface area contributed by atoms with Crippen molar-refractivity contribution >= 4 is 63.3 Å².